The van der Waals surface area contributed by atoms with E-state index in [9.17, 15) is 14.4 Å². The average Bonchev–Trinajstić information content (AvgIpc) is 3.08. The van der Waals surface area contributed by atoms with E-state index in [0.29, 0.717) is 19.5 Å². The predicted molar refractivity (Wildman–Crippen MR) is 109 cm³/mol. The molecule has 2 aromatic carbocycles. The zero-order valence-corrected chi connectivity index (χ0v) is 16.5. The van der Waals surface area contributed by atoms with Crippen molar-refractivity contribution in [3.05, 3.63) is 71.3 Å². The molecule has 1 fully saturated rings. The number of aryl methyl sites for hydroxylation is 1. The number of carboxylic acid groups (broad SMARTS) is 1. The molecular formula is C23H26N2O4. The van der Waals surface area contributed by atoms with E-state index < -0.39 is 11.9 Å². The summed E-state index contributed by atoms with van der Waals surface area (Å²) >= 11 is 0. The molecule has 2 amide bonds. The first kappa shape index (κ1) is 20.6. The highest BCUT2D eigenvalue weighted by Gasteiger charge is 2.35. The summed E-state index contributed by atoms with van der Waals surface area (Å²) in [6, 6.07) is 16.9. The van der Waals surface area contributed by atoms with E-state index in [2.05, 4.69) is 5.32 Å². The first-order valence-electron chi connectivity index (χ1n) is 9.83. The first-order chi connectivity index (χ1) is 13.9. The summed E-state index contributed by atoms with van der Waals surface area (Å²) in [6.45, 7) is 2.88. The number of nitrogens with zero attached hydrogens (tertiary/aromatic N) is 1. The molecule has 0 aliphatic carbocycles. The van der Waals surface area contributed by atoms with Gasteiger partial charge in [-0.2, -0.15) is 0 Å². The minimum atomic E-state index is -0.902. The second kappa shape index (κ2) is 9.37. The van der Waals surface area contributed by atoms with Gasteiger partial charge >= 0.3 is 5.97 Å². The Kier molecular flexibility index (Phi) is 6.65. The normalized spacial score (nSPS) is 17.2. The smallest absolute Gasteiger partial charge is 0.303 e. The Morgan fingerprint density at radius 1 is 1.14 bits per heavy atom. The van der Waals surface area contributed by atoms with Crippen LogP contribution in [0.15, 0.2) is 54.6 Å². The van der Waals surface area contributed by atoms with E-state index >= 15 is 0 Å². The highest BCUT2D eigenvalue weighted by Crippen LogP contribution is 2.24. The van der Waals surface area contributed by atoms with Crippen molar-refractivity contribution in [3.8, 4) is 0 Å². The lowest BCUT2D eigenvalue weighted by atomic mass is 10.00. The minimum absolute atomic E-state index is 0.0347. The molecule has 2 aromatic rings. The molecule has 0 radical (unpaired) electrons. The third-order valence-electron chi connectivity index (χ3n) is 5.24. The van der Waals surface area contributed by atoms with Crippen LogP contribution in [0.5, 0.6) is 0 Å². The molecule has 0 spiro atoms. The quantitative estimate of drug-likeness (QED) is 0.720. The van der Waals surface area contributed by atoms with E-state index in [0.717, 1.165) is 16.7 Å². The summed E-state index contributed by atoms with van der Waals surface area (Å²) in [4.78, 5) is 37.9. The molecule has 2 atom stereocenters. The van der Waals surface area contributed by atoms with Crippen molar-refractivity contribution in [3.63, 3.8) is 0 Å². The molecule has 1 heterocycles. The van der Waals surface area contributed by atoms with Crippen LogP contribution >= 0.6 is 0 Å². The topological polar surface area (TPSA) is 86.7 Å². The van der Waals surface area contributed by atoms with Crippen LogP contribution in [-0.4, -0.2) is 34.3 Å². The SMILES string of the molecule is Cc1ccc(CN2CC(C(=O)NC(CCC(=O)O)c3ccccc3)CC2=O)cc1. The fourth-order valence-corrected chi connectivity index (χ4v) is 3.58. The average molecular weight is 394 g/mol. The molecule has 6 heteroatoms. The second-order valence-electron chi connectivity index (χ2n) is 7.57. The Labute approximate surface area is 170 Å². The van der Waals surface area contributed by atoms with E-state index in [1.54, 1.807) is 4.90 Å². The van der Waals surface area contributed by atoms with Crippen LogP contribution in [0.25, 0.3) is 0 Å². The number of carbonyl (C=O) groups excluding carboxylic acids is 2. The molecule has 0 aromatic heterocycles. The monoisotopic (exact) mass is 394 g/mol. The Bertz CT molecular complexity index is 864. The molecule has 1 aliphatic heterocycles. The van der Waals surface area contributed by atoms with E-state index in [4.69, 9.17) is 5.11 Å². The van der Waals surface area contributed by atoms with Gasteiger partial charge in [-0.3, -0.25) is 14.4 Å². The highest BCUT2D eigenvalue weighted by molar-refractivity contribution is 5.89. The zero-order valence-electron chi connectivity index (χ0n) is 16.5. The van der Waals surface area contributed by atoms with Gasteiger partial charge in [0.2, 0.25) is 11.8 Å². The summed E-state index contributed by atoms with van der Waals surface area (Å²) < 4.78 is 0. The maximum absolute atomic E-state index is 12.8. The standard InChI is InChI=1S/C23H26N2O4/c1-16-7-9-17(10-8-16)14-25-15-19(13-21(25)26)23(29)24-20(11-12-22(27)28)18-5-3-2-4-6-18/h2-10,19-20H,11-15H2,1H3,(H,24,29)(H,27,28). The van der Waals surface area contributed by atoms with Gasteiger partial charge in [-0.05, 0) is 24.5 Å². The molecule has 2 unspecified atom stereocenters. The summed E-state index contributed by atoms with van der Waals surface area (Å²) in [7, 11) is 0. The molecule has 1 saturated heterocycles. The van der Waals surface area contributed by atoms with Crippen molar-refractivity contribution in [1.29, 1.82) is 0 Å². The molecule has 3 rings (SSSR count). The Balaban J connectivity index is 1.63. The van der Waals surface area contributed by atoms with Crippen LogP contribution < -0.4 is 5.32 Å². The summed E-state index contributed by atoms with van der Waals surface area (Å²) in [6.07, 6.45) is 0.444. The molecule has 29 heavy (non-hydrogen) atoms. The van der Waals surface area contributed by atoms with Crippen LogP contribution in [0, 0.1) is 12.8 Å². The summed E-state index contributed by atoms with van der Waals surface area (Å²) in [5, 5.41) is 12.0. The summed E-state index contributed by atoms with van der Waals surface area (Å²) in [5.74, 6) is -1.57. The number of carboxylic acids is 1. The van der Waals surface area contributed by atoms with E-state index in [-0.39, 0.29) is 30.7 Å². The van der Waals surface area contributed by atoms with Gasteiger partial charge in [-0.1, -0.05) is 60.2 Å². The number of amides is 2. The molecule has 1 aliphatic rings. The number of rotatable bonds is 8. The largest absolute Gasteiger partial charge is 0.481 e. The zero-order chi connectivity index (χ0) is 20.8. The number of benzene rings is 2. The van der Waals surface area contributed by atoms with Gasteiger partial charge in [0.05, 0.1) is 12.0 Å². The fourth-order valence-electron chi connectivity index (χ4n) is 3.58. The number of likely N-dealkylation sites (tertiary alicyclic amines) is 1. The van der Waals surface area contributed by atoms with Crippen LogP contribution in [0.2, 0.25) is 0 Å². The maximum atomic E-state index is 12.8. The van der Waals surface area contributed by atoms with Crippen LogP contribution in [-0.2, 0) is 20.9 Å². The number of aliphatic carboxylic acids is 1. The lowest BCUT2D eigenvalue weighted by Gasteiger charge is -2.21. The van der Waals surface area contributed by atoms with Crippen molar-refractivity contribution in [2.24, 2.45) is 5.92 Å². The Hall–Kier alpha value is -3.15. The number of hydrogen-bond donors (Lipinski definition) is 2. The van der Waals surface area contributed by atoms with Gasteiger partial charge in [0.25, 0.3) is 0 Å². The minimum Gasteiger partial charge on any atom is -0.481 e. The lowest BCUT2D eigenvalue weighted by molar-refractivity contribution is -0.137. The molecule has 152 valence electrons. The lowest BCUT2D eigenvalue weighted by Crippen LogP contribution is -2.35. The Morgan fingerprint density at radius 3 is 2.48 bits per heavy atom. The third-order valence-corrected chi connectivity index (χ3v) is 5.24. The van der Waals surface area contributed by atoms with Crippen LogP contribution in [0.3, 0.4) is 0 Å². The van der Waals surface area contributed by atoms with Gasteiger partial charge in [-0.25, -0.2) is 0 Å². The molecule has 2 N–H and O–H groups in total. The maximum Gasteiger partial charge on any atom is 0.303 e. The van der Waals surface area contributed by atoms with Crippen molar-refractivity contribution < 1.29 is 19.5 Å². The van der Waals surface area contributed by atoms with Gasteiger partial charge in [-0.15, -0.1) is 0 Å². The van der Waals surface area contributed by atoms with Gasteiger partial charge < -0.3 is 15.3 Å². The van der Waals surface area contributed by atoms with Gasteiger partial charge in [0, 0.05) is 25.9 Å². The van der Waals surface area contributed by atoms with Gasteiger partial charge in [0.1, 0.15) is 0 Å². The van der Waals surface area contributed by atoms with Crippen molar-refractivity contribution >= 4 is 17.8 Å². The first-order valence-corrected chi connectivity index (χ1v) is 9.83. The van der Waals surface area contributed by atoms with Gasteiger partial charge in [0.15, 0.2) is 0 Å². The third kappa shape index (κ3) is 5.67. The van der Waals surface area contributed by atoms with Crippen LogP contribution in [0.1, 0.15) is 42.0 Å². The number of nitrogens with one attached hydrogen (secondary N) is 1. The molecular weight excluding hydrogens is 368 g/mol. The Morgan fingerprint density at radius 2 is 1.83 bits per heavy atom. The molecule has 6 nitrogen and oxygen atoms in total. The fraction of sp³-hybridized carbons (Fsp3) is 0.348. The number of hydrogen-bond acceptors (Lipinski definition) is 3. The van der Waals surface area contributed by atoms with Crippen molar-refractivity contribution in [2.75, 3.05) is 6.54 Å². The van der Waals surface area contributed by atoms with Crippen LogP contribution in [0.4, 0.5) is 0 Å². The molecule has 0 saturated carbocycles. The summed E-state index contributed by atoms with van der Waals surface area (Å²) in [5.41, 5.74) is 3.06. The van der Waals surface area contributed by atoms with Crippen molar-refractivity contribution in [2.45, 2.75) is 38.8 Å². The van der Waals surface area contributed by atoms with Crippen molar-refractivity contribution in [1.82, 2.24) is 10.2 Å². The van der Waals surface area contributed by atoms with E-state index in [1.807, 2.05) is 61.5 Å². The second-order valence-corrected chi connectivity index (χ2v) is 7.57. The highest BCUT2D eigenvalue weighted by atomic mass is 16.4. The van der Waals surface area contributed by atoms with E-state index in [1.165, 1.54) is 0 Å². The molecule has 0 bridgehead atoms. The predicted octanol–water partition coefficient (Wildman–Crippen LogP) is 3.07. The number of carbonyl (C=O) groups is 3.